The lowest BCUT2D eigenvalue weighted by Crippen LogP contribution is -2.42. The predicted octanol–water partition coefficient (Wildman–Crippen LogP) is 5.79. The van der Waals surface area contributed by atoms with E-state index in [4.69, 9.17) is 0 Å². The molecule has 2 amide bonds. The minimum Gasteiger partial charge on any atom is -0.352 e. The molecule has 1 aliphatic rings. The van der Waals surface area contributed by atoms with Gasteiger partial charge in [0.1, 0.15) is 9.88 Å². The summed E-state index contributed by atoms with van der Waals surface area (Å²) in [5, 5.41) is 3.98. The highest BCUT2D eigenvalue weighted by atomic mass is 32.1. The Morgan fingerprint density at radius 1 is 1.03 bits per heavy atom. The molecular formula is C29H35N3O2S. The van der Waals surface area contributed by atoms with Gasteiger partial charge in [0.25, 0.3) is 5.91 Å². The summed E-state index contributed by atoms with van der Waals surface area (Å²) in [5.41, 5.74) is 5.46. The quantitative estimate of drug-likeness (QED) is 0.457. The number of hydrogen-bond donors (Lipinski definition) is 1. The number of hydrogen-bond acceptors (Lipinski definition) is 4. The van der Waals surface area contributed by atoms with E-state index in [1.807, 2.05) is 18.7 Å². The number of likely N-dealkylation sites (tertiary alicyclic amines) is 1. The van der Waals surface area contributed by atoms with E-state index < -0.39 is 0 Å². The van der Waals surface area contributed by atoms with E-state index in [0.29, 0.717) is 19.6 Å². The Bertz CT molecular complexity index is 1160. The lowest BCUT2D eigenvalue weighted by molar-refractivity contribution is -0.126. The zero-order valence-corrected chi connectivity index (χ0v) is 22.0. The Morgan fingerprint density at radius 2 is 1.66 bits per heavy atom. The average molecular weight is 490 g/mol. The summed E-state index contributed by atoms with van der Waals surface area (Å²) in [6, 6.07) is 16.6. The maximum Gasteiger partial charge on any atom is 0.265 e. The predicted molar refractivity (Wildman–Crippen MR) is 142 cm³/mol. The molecule has 1 aliphatic heterocycles. The van der Waals surface area contributed by atoms with Crippen LogP contribution in [0, 0.1) is 25.7 Å². The van der Waals surface area contributed by atoms with Gasteiger partial charge in [-0.25, -0.2) is 4.98 Å². The molecular weight excluding hydrogens is 454 g/mol. The topological polar surface area (TPSA) is 62.3 Å². The van der Waals surface area contributed by atoms with Crippen LogP contribution in [0.2, 0.25) is 0 Å². The molecule has 35 heavy (non-hydrogen) atoms. The Kier molecular flexibility index (Phi) is 8.01. The molecule has 0 aliphatic carbocycles. The lowest BCUT2D eigenvalue weighted by atomic mass is 9.84. The van der Waals surface area contributed by atoms with Crippen LogP contribution in [-0.4, -0.2) is 34.8 Å². The van der Waals surface area contributed by atoms with Crippen molar-refractivity contribution in [2.24, 2.45) is 11.8 Å². The summed E-state index contributed by atoms with van der Waals surface area (Å²) in [6.45, 7) is 10.0. The fourth-order valence-electron chi connectivity index (χ4n) is 4.62. The van der Waals surface area contributed by atoms with Crippen molar-refractivity contribution in [3.05, 3.63) is 75.8 Å². The van der Waals surface area contributed by atoms with Gasteiger partial charge in [-0.15, -0.1) is 11.3 Å². The van der Waals surface area contributed by atoms with Crippen LogP contribution in [0.25, 0.3) is 10.6 Å². The third kappa shape index (κ3) is 5.99. The standard InChI is InChI=1S/C29H35N3O2S/c1-5-22-8-10-23(11-9-22)18-30-27(33)20(3)24-14-16-32(17-15-24)29(34)26-21(4)31-28(35-26)25-12-6-19(2)7-13-25/h6-13,20,24H,5,14-18H2,1-4H3,(H,30,33)/t20-/m0/s1. The third-order valence-electron chi connectivity index (χ3n) is 7.13. The molecule has 0 spiro atoms. The summed E-state index contributed by atoms with van der Waals surface area (Å²) in [7, 11) is 0. The number of carbonyl (C=O) groups is 2. The van der Waals surface area contributed by atoms with Crippen LogP contribution in [0.4, 0.5) is 0 Å². The van der Waals surface area contributed by atoms with Crippen LogP contribution < -0.4 is 5.32 Å². The normalized spacial score (nSPS) is 15.1. The molecule has 1 N–H and O–H groups in total. The van der Waals surface area contributed by atoms with Crippen molar-refractivity contribution >= 4 is 23.2 Å². The SMILES string of the molecule is CCc1ccc(CNC(=O)[C@@H](C)C2CCN(C(=O)c3sc(-c4ccc(C)cc4)nc3C)CC2)cc1. The van der Waals surface area contributed by atoms with Gasteiger partial charge in [0.15, 0.2) is 0 Å². The highest BCUT2D eigenvalue weighted by Crippen LogP contribution is 2.31. The third-order valence-corrected chi connectivity index (χ3v) is 8.33. The second kappa shape index (κ2) is 11.2. The second-order valence-corrected chi connectivity index (χ2v) is 10.6. The molecule has 6 heteroatoms. The van der Waals surface area contributed by atoms with E-state index in [1.54, 1.807) is 0 Å². The first-order valence-corrected chi connectivity index (χ1v) is 13.4. The number of benzene rings is 2. The summed E-state index contributed by atoms with van der Waals surface area (Å²) in [6.07, 6.45) is 2.70. The number of aromatic nitrogens is 1. The van der Waals surface area contributed by atoms with Gasteiger partial charge in [0, 0.05) is 31.1 Å². The molecule has 0 saturated carbocycles. The molecule has 1 fully saturated rings. The van der Waals surface area contributed by atoms with Gasteiger partial charge in [-0.05, 0) is 50.2 Å². The minimum absolute atomic E-state index is 0.0597. The molecule has 184 valence electrons. The van der Waals surface area contributed by atoms with Gasteiger partial charge < -0.3 is 10.2 Å². The van der Waals surface area contributed by atoms with Crippen LogP contribution in [0.5, 0.6) is 0 Å². The first-order chi connectivity index (χ1) is 16.9. The van der Waals surface area contributed by atoms with Crippen LogP contribution >= 0.6 is 11.3 Å². The lowest BCUT2D eigenvalue weighted by Gasteiger charge is -2.34. The van der Waals surface area contributed by atoms with Crippen molar-refractivity contribution in [2.75, 3.05) is 13.1 Å². The average Bonchev–Trinajstić information content (AvgIpc) is 3.28. The first kappa shape index (κ1) is 25.1. The van der Waals surface area contributed by atoms with Gasteiger partial charge in [-0.3, -0.25) is 9.59 Å². The van der Waals surface area contributed by atoms with Crippen LogP contribution in [0.1, 0.15) is 58.7 Å². The highest BCUT2D eigenvalue weighted by Gasteiger charge is 2.31. The fraction of sp³-hybridized carbons (Fsp3) is 0.414. The summed E-state index contributed by atoms with van der Waals surface area (Å²) in [4.78, 5) is 33.3. The zero-order valence-electron chi connectivity index (χ0n) is 21.1. The van der Waals surface area contributed by atoms with E-state index in [9.17, 15) is 9.59 Å². The van der Waals surface area contributed by atoms with E-state index in [2.05, 4.69) is 72.7 Å². The molecule has 2 aromatic carbocycles. The maximum atomic E-state index is 13.3. The molecule has 1 aromatic heterocycles. The van der Waals surface area contributed by atoms with E-state index in [1.165, 1.54) is 22.5 Å². The molecule has 5 nitrogen and oxygen atoms in total. The van der Waals surface area contributed by atoms with Crippen molar-refractivity contribution in [1.29, 1.82) is 0 Å². The van der Waals surface area contributed by atoms with Crippen molar-refractivity contribution < 1.29 is 9.59 Å². The molecule has 0 unspecified atom stereocenters. The summed E-state index contributed by atoms with van der Waals surface area (Å²) < 4.78 is 0. The summed E-state index contributed by atoms with van der Waals surface area (Å²) in [5.74, 6) is 0.368. The van der Waals surface area contributed by atoms with E-state index in [0.717, 1.165) is 46.0 Å². The first-order valence-electron chi connectivity index (χ1n) is 12.5. The van der Waals surface area contributed by atoms with Gasteiger partial charge in [0.2, 0.25) is 5.91 Å². The van der Waals surface area contributed by atoms with Crippen molar-refractivity contribution in [3.8, 4) is 10.6 Å². The van der Waals surface area contributed by atoms with Crippen molar-refractivity contribution in [2.45, 2.75) is 53.5 Å². The number of nitrogens with zero attached hydrogens (tertiary/aromatic N) is 2. The van der Waals surface area contributed by atoms with Crippen LogP contribution in [-0.2, 0) is 17.8 Å². The van der Waals surface area contributed by atoms with Gasteiger partial charge in [0.05, 0.1) is 5.69 Å². The Balaban J connectivity index is 1.30. The van der Waals surface area contributed by atoms with Crippen LogP contribution in [0.3, 0.4) is 0 Å². The van der Waals surface area contributed by atoms with Crippen molar-refractivity contribution in [1.82, 2.24) is 15.2 Å². The number of amides is 2. The molecule has 1 saturated heterocycles. The number of rotatable bonds is 7. The van der Waals surface area contributed by atoms with E-state index in [-0.39, 0.29) is 23.7 Å². The second-order valence-electron chi connectivity index (χ2n) is 9.61. The van der Waals surface area contributed by atoms with Crippen LogP contribution in [0.15, 0.2) is 48.5 Å². The van der Waals surface area contributed by atoms with Crippen molar-refractivity contribution in [3.63, 3.8) is 0 Å². The molecule has 0 radical (unpaired) electrons. The highest BCUT2D eigenvalue weighted by molar-refractivity contribution is 7.17. The molecule has 1 atom stereocenters. The minimum atomic E-state index is -0.0690. The number of aryl methyl sites for hydroxylation is 3. The van der Waals surface area contributed by atoms with Gasteiger partial charge >= 0.3 is 0 Å². The number of thiazole rings is 1. The Labute approximate surface area is 212 Å². The number of carbonyl (C=O) groups excluding carboxylic acids is 2. The number of piperidine rings is 1. The number of nitrogens with one attached hydrogen (secondary N) is 1. The molecule has 3 aromatic rings. The van der Waals surface area contributed by atoms with Gasteiger partial charge in [-0.2, -0.15) is 0 Å². The maximum absolute atomic E-state index is 13.3. The molecule has 0 bridgehead atoms. The molecule has 4 rings (SSSR count). The summed E-state index contributed by atoms with van der Waals surface area (Å²) >= 11 is 1.47. The van der Waals surface area contributed by atoms with Gasteiger partial charge in [-0.1, -0.05) is 67.9 Å². The Hall–Kier alpha value is -2.99. The monoisotopic (exact) mass is 489 g/mol. The largest absolute Gasteiger partial charge is 0.352 e. The van der Waals surface area contributed by atoms with E-state index >= 15 is 0 Å². The fourth-order valence-corrected chi connectivity index (χ4v) is 5.66. The Morgan fingerprint density at radius 3 is 2.29 bits per heavy atom. The smallest absolute Gasteiger partial charge is 0.265 e. The zero-order chi connectivity index (χ0) is 24.9. The molecule has 2 heterocycles.